The van der Waals surface area contributed by atoms with E-state index in [4.69, 9.17) is 0 Å². The molecule has 92 valence electrons. The van der Waals surface area contributed by atoms with Crippen LogP contribution in [0.4, 0.5) is 5.69 Å². The summed E-state index contributed by atoms with van der Waals surface area (Å²) in [5.74, 6) is -0.413. The number of nitro groups is 1. The van der Waals surface area contributed by atoms with Gasteiger partial charge in [-0.3, -0.25) is 14.9 Å². The van der Waals surface area contributed by atoms with E-state index in [1.165, 1.54) is 19.2 Å². The first-order chi connectivity index (χ1) is 7.86. The number of methoxy groups -OCH3 is 1. The van der Waals surface area contributed by atoms with Crippen molar-refractivity contribution in [3.63, 3.8) is 0 Å². The van der Waals surface area contributed by atoms with Crippen molar-refractivity contribution in [1.82, 2.24) is 0 Å². The molecule has 0 fully saturated rings. The van der Waals surface area contributed by atoms with Gasteiger partial charge in [0.25, 0.3) is 5.69 Å². The number of rotatable bonds is 4. The van der Waals surface area contributed by atoms with E-state index in [9.17, 15) is 14.9 Å². The Kier molecular flexibility index (Phi) is 4.22. The van der Waals surface area contributed by atoms with Crippen molar-refractivity contribution < 1.29 is 14.5 Å². The third-order valence-corrected chi connectivity index (χ3v) is 2.87. The van der Waals surface area contributed by atoms with Gasteiger partial charge in [0.2, 0.25) is 0 Å². The lowest BCUT2D eigenvalue weighted by Crippen LogP contribution is -2.31. The van der Waals surface area contributed by atoms with Crippen LogP contribution in [-0.2, 0) is 16.0 Å². The molecule has 0 spiro atoms. The minimum atomic E-state index is -0.878. The molecule has 6 heteroatoms. The van der Waals surface area contributed by atoms with E-state index in [1.807, 2.05) is 0 Å². The summed E-state index contributed by atoms with van der Waals surface area (Å²) >= 11 is 3.26. The minimum absolute atomic E-state index is 0.00988. The molecule has 1 rings (SSSR count). The normalized spacial score (nSPS) is 13.8. The molecule has 0 saturated heterocycles. The van der Waals surface area contributed by atoms with Gasteiger partial charge in [0.05, 0.1) is 12.0 Å². The summed E-state index contributed by atoms with van der Waals surface area (Å²) in [4.78, 5) is 21.6. The highest BCUT2D eigenvalue weighted by Gasteiger charge is 2.31. The molecule has 0 aromatic heterocycles. The van der Waals surface area contributed by atoms with E-state index < -0.39 is 15.2 Å². The van der Waals surface area contributed by atoms with Gasteiger partial charge < -0.3 is 4.74 Å². The Morgan fingerprint density at radius 2 is 2.24 bits per heavy atom. The van der Waals surface area contributed by atoms with Gasteiger partial charge in [-0.2, -0.15) is 0 Å². The molecule has 0 saturated carbocycles. The number of ether oxygens (including phenoxy) is 1. The molecular weight excluding hydrogens is 290 g/mol. The molecule has 0 heterocycles. The molecule has 0 amide bonds. The number of hydrogen-bond donors (Lipinski definition) is 0. The average molecular weight is 302 g/mol. The van der Waals surface area contributed by atoms with Crippen LogP contribution >= 0.6 is 15.9 Å². The Morgan fingerprint density at radius 3 is 2.76 bits per heavy atom. The van der Waals surface area contributed by atoms with E-state index >= 15 is 0 Å². The van der Waals surface area contributed by atoms with Gasteiger partial charge in [-0.05, 0) is 18.9 Å². The van der Waals surface area contributed by atoms with Gasteiger partial charge in [0.15, 0.2) is 0 Å². The lowest BCUT2D eigenvalue weighted by atomic mass is 10.0. The van der Waals surface area contributed by atoms with Crippen LogP contribution in [-0.4, -0.2) is 22.3 Å². The van der Waals surface area contributed by atoms with Gasteiger partial charge >= 0.3 is 5.97 Å². The van der Waals surface area contributed by atoms with Crippen molar-refractivity contribution in [2.45, 2.75) is 17.7 Å². The van der Waals surface area contributed by atoms with Gasteiger partial charge in [-0.15, -0.1) is 0 Å². The van der Waals surface area contributed by atoms with Crippen LogP contribution in [0.25, 0.3) is 0 Å². The fourth-order valence-electron chi connectivity index (χ4n) is 1.45. The standard InChI is InChI=1S/C11H12BrNO4/c1-11(12,10(14)17-2)7-8-4-3-5-9(6-8)13(15)16/h3-6H,7H2,1-2H3/t11-/m1/s1. The van der Waals surface area contributed by atoms with Crippen molar-refractivity contribution in [3.05, 3.63) is 39.9 Å². The second-order valence-electron chi connectivity index (χ2n) is 3.79. The Morgan fingerprint density at radius 1 is 1.59 bits per heavy atom. The van der Waals surface area contributed by atoms with Crippen LogP contribution < -0.4 is 0 Å². The number of halogens is 1. The van der Waals surface area contributed by atoms with Crippen LogP contribution in [0, 0.1) is 10.1 Å². The average Bonchev–Trinajstić information content (AvgIpc) is 2.27. The first kappa shape index (κ1) is 13.6. The molecule has 1 atom stereocenters. The molecule has 0 unspecified atom stereocenters. The zero-order valence-corrected chi connectivity index (χ0v) is 11.1. The van der Waals surface area contributed by atoms with Crippen molar-refractivity contribution in [2.24, 2.45) is 0 Å². The topological polar surface area (TPSA) is 69.4 Å². The Bertz CT molecular complexity index is 445. The maximum absolute atomic E-state index is 11.5. The lowest BCUT2D eigenvalue weighted by Gasteiger charge is -2.19. The van der Waals surface area contributed by atoms with Crippen molar-refractivity contribution in [1.29, 1.82) is 0 Å². The number of benzene rings is 1. The molecule has 0 aliphatic heterocycles. The highest BCUT2D eigenvalue weighted by atomic mass is 79.9. The first-order valence-electron chi connectivity index (χ1n) is 4.87. The first-order valence-corrected chi connectivity index (χ1v) is 5.67. The predicted octanol–water partition coefficient (Wildman–Crippen LogP) is 2.46. The summed E-state index contributed by atoms with van der Waals surface area (Å²) in [7, 11) is 1.30. The van der Waals surface area contributed by atoms with Crippen LogP contribution in [0.5, 0.6) is 0 Å². The van der Waals surface area contributed by atoms with Gasteiger partial charge in [0, 0.05) is 12.1 Å². The molecule has 0 bridgehead atoms. The zero-order valence-electron chi connectivity index (χ0n) is 9.47. The summed E-state index contributed by atoms with van der Waals surface area (Å²) in [6, 6.07) is 6.18. The highest BCUT2D eigenvalue weighted by molar-refractivity contribution is 9.10. The van der Waals surface area contributed by atoms with E-state index in [2.05, 4.69) is 20.7 Å². The Labute approximate surface area is 107 Å². The third-order valence-electron chi connectivity index (χ3n) is 2.27. The number of nitrogens with zero attached hydrogens (tertiary/aromatic N) is 1. The number of alkyl halides is 1. The Balaban J connectivity index is 2.92. The molecule has 0 aliphatic carbocycles. The molecule has 0 aliphatic rings. The van der Waals surface area contributed by atoms with Crippen LogP contribution in [0.2, 0.25) is 0 Å². The predicted molar refractivity (Wildman–Crippen MR) is 66.1 cm³/mol. The molecule has 17 heavy (non-hydrogen) atoms. The summed E-state index contributed by atoms with van der Waals surface area (Å²) in [5.41, 5.74) is 0.708. The highest BCUT2D eigenvalue weighted by Crippen LogP contribution is 2.26. The summed E-state index contributed by atoms with van der Waals surface area (Å²) in [6.45, 7) is 1.66. The van der Waals surface area contributed by atoms with Crippen molar-refractivity contribution >= 4 is 27.6 Å². The minimum Gasteiger partial charge on any atom is -0.468 e. The largest absolute Gasteiger partial charge is 0.468 e. The van der Waals surface area contributed by atoms with E-state index in [1.54, 1.807) is 19.1 Å². The van der Waals surface area contributed by atoms with E-state index in [0.717, 1.165) is 0 Å². The number of hydrogen-bond acceptors (Lipinski definition) is 4. The number of carbonyl (C=O) groups excluding carboxylic acids is 1. The molecule has 0 radical (unpaired) electrons. The van der Waals surface area contributed by atoms with Crippen molar-refractivity contribution in [2.75, 3.05) is 7.11 Å². The maximum atomic E-state index is 11.5. The SMILES string of the molecule is COC(=O)[C@](C)(Br)Cc1cccc([N+](=O)[O-])c1. The van der Waals surface area contributed by atoms with Crippen LogP contribution in [0.15, 0.2) is 24.3 Å². The van der Waals surface area contributed by atoms with Gasteiger partial charge in [-0.1, -0.05) is 28.1 Å². The monoisotopic (exact) mass is 301 g/mol. The number of non-ortho nitro benzene ring substituents is 1. The van der Waals surface area contributed by atoms with Crippen LogP contribution in [0.1, 0.15) is 12.5 Å². The quantitative estimate of drug-likeness (QED) is 0.371. The number of nitro benzene ring substituents is 1. The molecule has 0 N–H and O–H groups in total. The Hall–Kier alpha value is -1.43. The van der Waals surface area contributed by atoms with Gasteiger partial charge in [0.1, 0.15) is 4.32 Å². The second kappa shape index (κ2) is 5.27. The fourth-order valence-corrected chi connectivity index (χ4v) is 1.93. The van der Waals surface area contributed by atoms with Crippen molar-refractivity contribution in [3.8, 4) is 0 Å². The lowest BCUT2D eigenvalue weighted by molar-refractivity contribution is -0.384. The molecule has 5 nitrogen and oxygen atoms in total. The van der Waals surface area contributed by atoms with E-state index in [0.29, 0.717) is 12.0 Å². The number of esters is 1. The fraction of sp³-hybridized carbons (Fsp3) is 0.364. The summed E-state index contributed by atoms with van der Waals surface area (Å²) in [6.07, 6.45) is 0.321. The molecular formula is C11H12BrNO4. The number of carbonyl (C=O) groups is 1. The smallest absolute Gasteiger partial charge is 0.322 e. The molecule has 1 aromatic carbocycles. The van der Waals surface area contributed by atoms with Crippen LogP contribution in [0.3, 0.4) is 0 Å². The molecule has 1 aromatic rings. The maximum Gasteiger partial charge on any atom is 0.322 e. The summed E-state index contributed by atoms with van der Waals surface area (Å²) in [5, 5.41) is 10.6. The van der Waals surface area contributed by atoms with E-state index in [-0.39, 0.29) is 5.69 Å². The third kappa shape index (κ3) is 3.52. The van der Waals surface area contributed by atoms with Gasteiger partial charge in [-0.25, -0.2) is 0 Å². The second-order valence-corrected chi connectivity index (χ2v) is 5.54. The summed E-state index contributed by atoms with van der Waals surface area (Å²) < 4.78 is 3.77. The zero-order chi connectivity index (χ0) is 13.1.